The molecule has 0 aromatic heterocycles. The van der Waals surface area contributed by atoms with Crippen molar-refractivity contribution < 1.29 is 9.00 Å². The third-order valence-electron chi connectivity index (χ3n) is 5.36. The molecule has 1 saturated heterocycles. The lowest BCUT2D eigenvalue weighted by Gasteiger charge is -2.28. The van der Waals surface area contributed by atoms with Crippen molar-refractivity contribution in [2.45, 2.75) is 37.7 Å². The van der Waals surface area contributed by atoms with Crippen LogP contribution in [-0.4, -0.2) is 23.2 Å². The zero-order valence-electron chi connectivity index (χ0n) is 16.9. The molecule has 0 saturated carbocycles. The highest BCUT2D eigenvalue weighted by Crippen LogP contribution is 2.23. The molecule has 0 aliphatic carbocycles. The van der Waals surface area contributed by atoms with Gasteiger partial charge in [-0.15, -0.1) is 12.4 Å². The summed E-state index contributed by atoms with van der Waals surface area (Å²) in [5.41, 5.74) is 2.85. The van der Waals surface area contributed by atoms with Gasteiger partial charge in [0.2, 0.25) is 5.91 Å². The van der Waals surface area contributed by atoms with Crippen molar-refractivity contribution in [1.82, 2.24) is 5.32 Å². The van der Waals surface area contributed by atoms with Crippen molar-refractivity contribution in [2.75, 3.05) is 18.4 Å². The van der Waals surface area contributed by atoms with Crippen LogP contribution >= 0.6 is 12.4 Å². The Kier molecular flexibility index (Phi) is 9.85. The third-order valence-corrected chi connectivity index (χ3v) is 6.67. The van der Waals surface area contributed by atoms with E-state index < -0.39 is 10.8 Å². The van der Waals surface area contributed by atoms with E-state index in [-0.39, 0.29) is 18.3 Å². The summed E-state index contributed by atoms with van der Waals surface area (Å²) in [5.74, 6) is 2.04. The number of anilines is 1. The molecule has 3 unspecified atom stereocenters. The fourth-order valence-corrected chi connectivity index (χ4v) is 4.99. The number of nitrogens with one attached hydrogen (secondary N) is 2. The van der Waals surface area contributed by atoms with Crippen molar-refractivity contribution in [1.29, 1.82) is 0 Å². The van der Waals surface area contributed by atoms with E-state index >= 15 is 0 Å². The Morgan fingerprint density at radius 2 is 1.86 bits per heavy atom. The van der Waals surface area contributed by atoms with Gasteiger partial charge in [-0.3, -0.25) is 9.00 Å². The van der Waals surface area contributed by atoms with Gasteiger partial charge in [-0.25, -0.2) is 0 Å². The normalized spacial score (nSPS) is 18.3. The van der Waals surface area contributed by atoms with Crippen LogP contribution in [0.5, 0.6) is 0 Å². The Labute approximate surface area is 182 Å². The summed E-state index contributed by atoms with van der Waals surface area (Å²) in [7, 11) is -0.975. The van der Waals surface area contributed by atoms with Gasteiger partial charge >= 0.3 is 0 Å². The molecule has 2 aromatic rings. The lowest BCUT2D eigenvalue weighted by Crippen LogP contribution is -2.34. The van der Waals surface area contributed by atoms with Gasteiger partial charge in [0.25, 0.3) is 0 Å². The second kappa shape index (κ2) is 12.1. The van der Waals surface area contributed by atoms with Crippen LogP contribution in [0.25, 0.3) is 0 Å². The molecule has 1 heterocycles. The Bertz CT molecular complexity index is 794. The molecule has 0 spiro atoms. The Morgan fingerprint density at radius 3 is 2.59 bits per heavy atom. The topological polar surface area (TPSA) is 58.2 Å². The molecule has 4 nitrogen and oxygen atoms in total. The van der Waals surface area contributed by atoms with Gasteiger partial charge in [0, 0.05) is 34.4 Å². The number of halogens is 1. The van der Waals surface area contributed by atoms with Crippen LogP contribution in [-0.2, 0) is 27.1 Å². The summed E-state index contributed by atoms with van der Waals surface area (Å²) in [6, 6.07) is 17.6. The van der Waals surface area contributed by atoms with E-state index in [1.54, 1.807) is 0 Å². The first kappa shape index (κ1) is 23.6. The average molecular weight is 435 g/mol. The maximum atomic E-state index is 12.5. The molecule has 0 radical (unpaired) electrons. The largest absolute Gasteiger partial charge is 0.326 e. The summed E-state index contributed by atoms with van der Waals surface area (Å²) in [4.78, 5) is 12.4. The molecule has 3 rings (SSSR count). The maximum absolute atomic E-state index is 12.5. The van der Waals surface area contributed by atoms with Crippen molar-refractivity contribution in [3.8, 4) is 0 Å². The van der Waals surface area contributed by atoms with Gasteiger partial charge < -0.3 is 10.6 Å². The minimum absolute atomic E-state index is 0. The van der Waals surface area contributed by atoms with Crippen molar-refractivity contribution in [3.05, 3.63) is 65.7 Å². The fraction of sp³-hybridized carbons (Fsp3) is 0.435. The summed E-state index contributed by atoms with van der Waals surface area (Å²) < 4.78 is 12.5. The molecule has 158 valence electrons. The minimum atomic E-state index is -0.975. The number of carbonyl (C=O) groups excluding carboxylic acids is 1. The highest BCUT2D eigenvalue weighted by atomic mass is 35.5. The van der Waals surface area contributed by atoms with Crippen LogP contribution in [0, 0.1) is 11.8 Å². The first-order valence-corrected chi connectivity index (χ1v) is 11.6. The molecule has 1 amide bonds. The molecular formula is C23H31ClN2O2S. The smallest absolute Gasteiger partial charge is 0.224 e. The zero-order valence-corrected chi connectivity index (χ0v) is 18.6. The van der Waals surface area contributed by atoms with E-state index in [2.05, 4.69) is 17.6 Å². The van der Waals surface area contributed by atoms with Gasteiger partial charge in [-0.1, -0.05) is 49.4 Å². The van der Waals surface area contributed by atoms with E-state index in [0.717, 1.165) is 29.9 Å². The first-order chi connectivity index (χ1) is 13.6. The standard InChI is InChI=1S/C23H30N2O2S.ClH/c1-18(21-10-6-12-24-15-21)13-23(26)25-22-11-5-9-20(14-22)17-28(27)16-19-7-3-2-4-8-19;/h2-5,7-9,11,14,18,21,24H,6,10,12-13,15-17H2,1H3,(H,25,26);1H. The highest BCUT2D eigenvalue weighted by Gasteiger charge is 2.22. The number of amides is 1. The van der Waals surface area contributed by atoms with Crippen LogP contribution in [0.15, 0.2) is 54.6 Å². The quantitative estimate of drug-likeness (QED) is 0.642. The SMILES string of the molecule is CC(CC(=O)Nc1cccc(CS(=O)Cc2ccccc2)c1)C1CCCNC1.Cl. The number of rotatable bonds is 8. The van der Waals surface area contributed by atoms with Crippen molar-refractivity contribution >= 4 is 34.8 Å². The van der Waals surface area contributed by atoms with Gasteiger partial charge in [-0.2, -0.15) is 0 Å². The predicted molar refractivity (Wildman–Crippen MR) is 124 cm³/mol. The van der Waals surface area contributed by atoms with E-state index in [9.17, 15) is 9.00 Å². The molecule has 6 heteroatoms. The van der Waals surface area contributed by atoms with Gasteiger partial charge in [0.15, 0.2) is 0 Å². The van der Waals surface area contributed by atoms with Gasteiger partial charge in [0.1, 0.15) is 0 Å². The molecule has 1 aliphatic heterocycles. The second-order valence-corrected chi connectivity index (χ2v) is 9.21. The number of hydrogen-bond donors (Lipinski definition) is 2. The molecule has 29 heavy (non-hydrogen) atoms. The van der Waals surface area contributed by atoms with E-state index in [1.165, 1.54) is 12.8 Å². The highest BCUT2D eigenvalue weighted by molar-refractivity contribution is 7.83. The molecule has 3 atom stereocenters. The minimum Gasteiger partial charge on any atom is -0.326 e. The maximum Gasteiger partial charge on any atom is 0.224 e. The Morgan fingerprint density at radius 1 is 1.14 bits per heavy atom. The third kappa shape index (κ3) is 7.92. The van der Waals surface area contributed by atoms with Crippen LogP contribution in [0.4, 0.5) is 5.69 Å². The van der Waals surface area contributed by atoms with Gasteiger partial charge in [-0.05, 0) is 61.0 Å². The van der Waals surface area contributed by atoms with Crippen molar-refractivity contribution in [2.24, 2.45) is 11.8 Å². The summed E-state index contributed by atoms with van der Waals surface area (Å²) >= 11 is 0. The van der Waals surface area contributed by atoms with Crippen LogP contribution in [0.2, 0.25) is 0 Å². The number of hydrogen-bond acceptors (Lipinski definition) is 3. The first-order valence-electron chi connectivity index (χ1n) is 10.1. The second-order valence-electron chi connectivity index (χ2n) is 7.75. The number of benzene rings is 2. The van der Waals surface area contributed by atoms with Crippen LogP contribution < -0.4 is 10.6 Å². The number of carbonyl (C=O) groups is 1. The monoisotopic (exact) mass is 434 g/mol. The summed E-state index contributed by atoms with van der Waals surface area (Å²) in [6.07, 6.45) is 2.93. The lowest BCUT2D eigenvalue weighted by molar-refractivity contribution is -0.117. The molecule has 1 aliphatic rings. The molecule has 2 aromatic carbocycles. The average Bonchev–Trinajstić information content (AvgIpc) is 2.69. The Hall–Kier alpha value is -1.69. The van der Waals surface area contributed by atoms with Gasteiger partial charge in [0.05, 0.1) is 0 Å². The van der Waals surface area contributed by atoms with E-state index in [1.807, 2.05) is 54.6 Å². The fourth-order valence-electron chi connectivity index (χ4n) is 3.77. The zero-order chi connectivity index (χ0) is 19.8. The lowest BCUT2D eigenvalue weighted by atomic mass is 9.85. The molecule has 2 N–H and O–H groups in total. The predicted octanol–water partition coefficient (Wildman–Crippen LogP) is 4.52. The van der Waals surface area contributed by atoms with E-state index in [4.69, 9.17) is 0 Å². The van der Waals surface area contributed by atoms with E-state index in [0.29, 0.717) is 29.8 Å². The number of piperidine rings is 1. The molecule has 1 fully saturated rings. The molecule has 0 bridgehead atoms. The Balaban J connectivity index is 0.00000300. The van der Waals surface area contributed by atoms with Crippen LogP contribution in [0.3, 0.4) is 0 Å². The van der Waals surface area contributed by atoms with Crippen LogP contribution in [0.1, 0.15) is 37.3 Å². The summed E-state index contributed by atoms with van der Waals surface area (Å²) in [6.45, 7) is 4.27. The summed E-state index contributed by atoms with van der Waals surface area (Å²) in [5, 5.41) is 6.44. The molecular weight excluding hydrogens is 404 g/mol. The van der Waals surface area contributed by atoms with Crippen molar-refractivity contribution in [3.63, 3.8) is 0 Å².